The van der Waals surface area contributed by atoms with Crippen molar-refractivity contribution in [2.45, 2.75) is 24.5 Å². The molecule has 0 aliphatic carbocycles. The highest BCUT2D eigenvalue weighted by molar-refractivity contribution is 7.43. The average molecular weight is 306 g/mol. The normalized spacial score (nSPS) is 31.4. The second-order valence-corrected chi connectivity index (χ2v) is 5.05. The quantitative estimate of drug-likeness (QED) is 0.382. The van der Waals surface area contributed by atoms with Gasteiger partial charge in [0.15, 0.2) is 6.23 Å². The second-order valence-electron chi connectivity index (χ2n) is 4.19. The summed E-state index contributed by atoms with van der Waals surface area (Å²) < 4.78 is 11.1. The Kier molecular flexibility index (Phi) is 4.66. The van der Waals surface area contributed by atoms with Crippen molar-refractivity contribution in [2.75, 3.05) is 12.3 Å². The summed E-state index contributed by atoms with van der Waals surface area (Å²) >= 11 is 0. The Hall–Kier alpha value is -1.13. The molecule has 5 atom stereocenters. The first-order chi connectivity index (χ1) is 9.40. The zero-order valence-corrected chi connectivity index (χ0v) is 11.1. The number of ether oxygens (including phenoxy) is 1. The summed E-state index contributed by atoms with van der Waals surface area (Å²) in [5, 5.41) is 19.7. The number of nitrogens with zero attached hydrogens (tertiary/aromatic N) is 2. The van der Waals surface area contributed by atoms with E-state index < -0.39 is 38.8 Å². The third-order valence-electron chi connectivity index (χ3n) is 2.83. The molecule has 1 aromatic heterocycles. The predicted molar refractivity (Wildman–Crippen MR) is 68.1 cm³/mol. The summed E-state index contributed by atoms with van der Waals surface area (Å²) in [6, 6.07) is 1.36. The molecule has 1 fully saturated rings. The molecule has 0 bridgehead atoms. The maximum atomic E-state index is 11.7. The summed E-state index contributed by atoms with van der Waals surface area (Å²) in [6.45, 7) is -0.218. The summed E-state index contributed by atoms with van der Waals surface area (Å²) in [7, 11) is -2.10. The first-order valence-electron chi connectivity index (χ1n) is 5.63. The van der Waals surface area contributed by atoms with Gasteiger partial charge in [-0.1, -0.05) is 0 Å². The number of aromatic nitrogens is 2. The number of aliphatic hydroxyl groups excluding tert-OH is 2. The third kappa shape index (κ3) is 3.13. The topological polar surface area (TPSA) is 166 Å². The second kappa shape index (κ2) is 6.10. The van der Waals surface area contributed by atoms with Crippen molar-refractivity contribution in [1.29, 1.82) is 0 Å². The predicted octanol–water partition coefficient (Wildman–Crippen LogP) is -2.36. The fourth-order valence-corrected chi connectivity index (χ4v) is 2.17. The lowest BCUT2D eigenvalue weighted by atomic mass is 10.1. The molecule has 2 heterocycles. The fourth-order valence-electron chi connectivity index (χ4n) is 1.87. The van der Waals surface area contributed by atoms with Gasteiger partial charge >= 0.3 is 5.69 Å². The van der Waals surface area contributed by atoms with Crippen LogP contribution in [0.25, 0.3) is 0 Å². The summed E-state index contributed by atoms with van der Waals surface area (Å²) in [5.41, 5.74) is 9.70. The Morgan fingerprint density at radius 1 is 1.50 bits per heavy atom. The van der Waals surface area contributed by atoms with E-state index in [1.54, 1.807) is 0 Å². The number of aliphatic hydroxyl groups is 2. The molecule has 11 heteroatoms. The van der Waals surface area contributed by atoms with E-state index in [4.69, 9.17) is 25.4 Å². The molecule has 0 amide bonds. The van der Waals surface area contributed by atoms with Crippen LogP contribution in [0.4, 0.5) is 5.82 Å². The maximum Gasteiger partial charge on any atom is 0.351 e. The lowest BCUT2D eigenvalue weighted by Crippen LogP contribution is -2.36. The van der Waals surface area contributed by atoms with Gasteiger partial charge in [-0.3, -0.25) is 10.1 Å². The van der Waals surface area contributed by atoms with Crippen molar-refractivity contribution in [2.24, 2.45) is 5.50 Å². The van der Waals surface area contributed by atoms with Crippen molar-refractivity contribution in [1.82, 2.24) is 9.55 Å². The van der Waals surface area contributed by atoms with E-state index in [1.165, 1.54) is 12.3 Å². The van der Waals surface area contributed by atoms with E-state index in [2.05, 4.69) is 4.98 Å². The Morgan fingerprint density at radius 2 is 2.20 bits per heavy atom. The molecule has 1 aliphatic heterocycles. The zero-order chi connectivity index (χ0) is 14.9. The maximum absolute atomic E-state index is 11.7. The minimum atomic E-state index is -2.10. The molecule has 10 nitrogen and oxygen atoms in total. The molecule has 0 spiro atoms. The van der Waals surface area contributed by atoms with Crippen molar-refractivity contribution in [3.8, 4) is 0 Å². The minimum Gasteiger partial charge on any atom is -0.387 e. The van der Waals surface area contributed by atoms with Crippen LogP contribution in [0.5, 0.6) is 0 Å². The molecule has 1 aromatic rings. The van der Waals surface area contributed by atoms with Crippen molar-refractivity contribution in [3.63, 3.8) is 0 Å². The van der Waals surface area contributed by atoms with Gasteiger partial charge in [-0.15, -0.1) is 0 Å². The van der Waals surface area contributed by atoms with Crippen LogP contribution in [-0.4, -0.2) is 49.6 Å². The van der Waals surface area contributed by atoms with Crippen LogP contribution in [0.3, 0.4) is 0 Å². The van der Waals surface area contributed by atoms with Gasteiger partial charge in [-0.2, -0.15) is 4.98 Å². The summed E-state index contributed by atoms with van der Waals surface area (Å²) in [5.74, 6) is 0.0354. The van der Waals surface area contributed by atoms with Crippen molar-refractivity contribution < 1.29 is 24.4 Å². The lowest BCUT2D eigenvalue weighted by Gasteiger charge is -2.16. The molecule has 1 unspecified atom stereocenters. The molecule has 20 heavy (non-hydrogen) atoms. The number of nitrogens with two attached hydrogens (primary N) is 2. The van der Waals surface area contributed by atoms with Gasteiger partial charge in [0.05, 0.1) is 6.61 Å². The monoisotopic (exact) mass is 306 g/mol. The van der Waals surface area contributed by atoms with Crippen LogP contribution in [0.15, 0.2) is 17.1 Å². The molecule has 2 rings (SSSR count). The standard InChI is InChI=1S/C9H15N4O6P/c10-5-1-2-13(9(16)12-5)8-7(15)6(14)4(19-8)3-18-20(11)17/h1-2,4,6-8,14-15,17H,3,11H2,(H2,10,12,16)/t4-,6-,7-,8-,20?/m1/s1. The van der Waals surface area contributed by atoms with Gasteiger partial charge in [0.1, 0.15) is 24.1 Å². The van der Waals surface area contributed by atoms with Crippen LogP contribution >= 0.6 is 8.53 Å². The molecule has 0 aromatic carbocycles. The molecule has 1 aliphatic rings. The van der Waals surface area contributed by atoms with Crippen LogP contribution in [0.2, 0.25) is 0 Å². The van der Waals surface area contributed by atoms with E-state index in [1.807, 2.05) is 0 Å². The van der Waals surface area contributed by atoms with E-state index in [0.29, 0.717) is 0 Å². The molecule has 112 valence electrons. The number of hydrogen-bond acceptors (Lipinski definition) is 9. The van der Waals surface area contributed by atoms with Gasteiger partial charge in [0.25, 0.3) is 0 Å². The van der Waals surface area contributed by atoms with E-state index in [9.17, 15) is 15.0 Å². The number of anilines is 1. The molecule has 0 saturated carbocycles. The molecule has 7 N–H and O–H groups in total. The Bertz CT molecular complexity index is 525. The van der Waals surface area contributed by atoms with Gasteiger partial charge in [0, 0.05) is 6.20 Å². The van der Waals surface area contributed by atoms with Gasteiger partial charge < -0.3 is 30.1 Å². The van der Waals surface area contributed by atoms with Gasteiger partial charge in [-0.25, -0.2) is 4.79 Å². The summed E-state index contributed by atoms with van der Waals surface area (Å²) in [4.78, 5) is 24.0. The fraction of sp³-hybridized carbons (Fsp3) is 0.556. The third-order valence-corrected chi connectivity index (χ3v) is 3.25. The highest BCUT2D eigenvalue weighted by Gasteiger charge is 2.44. The smallest absolute Gasteiger partial charge is 0.351 e. The van der Waals surface area contributed by atoms with E-state index >= 15 is 0 Å². The Morgan fingerprint density at radius 3 is 2.80 bits per heavy atom. The number of nitrogen functional groups attached to an aromatic ring is 1. The minimum absolute atomic E-state index is 0.0354. The largest absolute Gasteiger partial charge is 0.387 e. The highest BCUT2D eigenvalue weighted by atomic mass is 31.2. The SMILES string of the molecule is Nc1ccn([C@@H]2O[C@H](COP(N)O)[C@@H](O)[C@H]2O)c(=O)n1. The van der Waals surface area contributed by atoms with Crippen molar-refractivity contribution in [3.05, 3.63) is 22.7 Å². The average Bonchev–Trinajstić information content (AvgIpc) is 2.64. The van der Waals surface area contributed by atoms with E-state index in [-0.39, 0.29) is 12.4 Å². The molecule has 0 radical (unpaired) electrons. The van der Waals surface area contributed by atoms with Crippen molar-refractivity contribution >= 4 is 14.3 Å². The highest BCUT2D eigenvalue weighted by Crippen LogP contribution is 2.30. The van der Waals surface area contributed by atoms with Crippen LogP contribution in [0.1, 0.15) is 6.23 Å². The Balaban J connectivity index is 2.15. The zero-order valence-electron chi connectivity index (χ0n) is 10.2. The van der Waals surface area contributed by atoms with Gasteiger partial charge in [-0.05, 0) is 6.07 Å². The molecular formula is C9H15N4O6P. The first-order valence-corrected chi connectivity index (χ1v) is 6.91. The number of rotatable bonds is 4. The van der Waals surface area contributed by atoms with Gasteiger partial charge in [0.2, 0.25) is 8.53 Å². The van der Waals surface area contributed by atoms with E-state index in [0.717, 1.165) is 4.57 Å². The number of hydrogen-bond donors (Lipinski definition) is 5. The molecule has 1 saturated heterocycles. The first kappa shape index (κ1) is 15.3. The molecular weight excluding hydrogens is 291 g/mol. The van der Waals surface area contributed by atoms with Crippen LogP contribution in [0, 0.1) is 0 Å². The Labute approximate surface area is 114 Å². The summed E-state index contributed by atoms with van der Waals surface area (Å²) in [6.07, 6.45) is -3.40. The lowest BCUT2D eigenvalue weighted by molar-refractivity contribution is -0.0513. The van der Waals surface area contributed by atoms with Crippen LogP contribution in [-0.2, 0) is 9.26 Å². The van der Waals surface area contributed by atoms with Crippen LogP contribution < -0.4 is 16.9 Å².